The van der Waals surface area contributed by atoms with Crippen molar-refractivity contribution in [1.29, 1.82) is 0 Å². The average Bonchev–Trinajstić information content (AvgIpc) is 2.72. The molecule has 0 bridgehead atoms. The van der Waals surface area contributed by atoms with E-state index in [0.717, 1.165) is 18.4 Å². The van der Waals surface area contributed by atoms with Crippen molar-refractivity contribution in [2.75, 3.05) is 6.54 Å². The molecule has 0 saturated heterocycles. The maximum absolute atomic E-state index is 11.1. The minimum Gasteiger partial charge on any atom is -0.478 e. The van der Waals surface area contributed by atoms with Gasteiger partial charge in [-0.15, -0.1) is 0 Å². The Kier molecular flexibility index (Phi) is 13.8. The molecule has 166 valence electrons. The first-order valence-corrected chi connectivity index (χ1v) is 11.2. The Hall–Kier alpha value is -2.56. The molecule has 0 aliphatic rings. The van der Waals surface area contributed by atoms with Gasteiger partial charge in [-0.05, 0) is 42.7 Å². The van der Waals surface area contributed by atoms with E-state index in [0.29, 0.717) is 12.3 Å². The number of unbranched alkanes of at least 4 members (excludes halogenated alkanes) is 5. The molecule has 1 rings (SSSR count). The lowest BCUT2D eigenvalue weighted by molar-refractivity contribution is -0.131. The van der Waals surface area contributed by atoms with Crippen molar-refractivity contribution in [2.45, 2.75) is 71.1 Å². The molecule has 0 radical (unpaired) electrons. The maximum atomic E-state index is 11.1. The van der Waals surface area contributed by atoms with Crippen LogP contribution in [0.1, 0.15) is 76.7 Å². The molecule has 1 aromatic carbocycles. The number of aliphatic imine (C=N–C) groups is 1. The zero-order chi connectivity index (χ0) is 22.0. The Bertz CT molecular complexity index is 677. The maximum Gasteiger partial charge on any atom is 0.328 e. The molecule has 1 aromatic rings. The van der Waals surface area contributed by atoms with Crippen molar-refractivity contribution in [2.24, 2.45) is 22.4 Å². The topological polar surface area (TPSA) is 102 Å². The second kappa shape index (κ2) is 16.3. The van der Waals surface area contributed by atoms with Gasteiger partial charge in [-0.2, -0.15) is 0 Å². The van der Waals surface area contributed by atoms with Crippen molar-refractivity contribution in [3.8, 4) is 0 Å². The predicted octanol–water partition coefficient (Wildman–Crippen LogP) is 5.52. The van der Waals surface area contributed by atoms with Crippen molar-refractivity contribution < 1.29 is 9.90 Å². The molecule has 5 heteroatoms. The highest BCUT2D eigenvalue weighted by molar-refractivity contribution is 5.81. The molecular weight excluding hydrogens is 374 g/mol. The smallest absolute Gasteiger partial charge is 0.328 e. The Balaban J connectivity index is 2.60. The summed E-state index contributed by atoms with van der Waals surface area (Å²) in [7, 11) is 0. The van der Waals surface area contributed by atoms with Gasteiger partial charge in [0.1, 0.15) is 0 Å². The number of nitrogens with zero attached hydrogens (tertiary/aromatic N) is 1. The van der Waals surface area contributed by atoms with E-state index in [1.165, 1.54) is 56.6 Å². The fraction of sp³-hybridized carbons (Fsp3) is 0.520. The van der Waals surface area contributed by atoms with Gasteiger partial charge in [0.25, 0.3) is 0 Å². The monoisotopic (exact) mass is 413 g/mol. The second-order valence-electron chi connectivity index (χ2n) is 7.86. The molecule has 0 aliphatic heterocycles. The third-order valence-corrected chi connectivity index (χ3v) is 5.15. The number of benzene rings is 1. The molecule has 0 unspecified atom stereocenters. The van der Waals surface area contributed by atoms with Crippen LogP contribution in [-0.2, 0) is 4.79 Å². The van der Waals surface area contributed by atoms with Crippen molar-refractivity contribution >= 4 is 18.0 Å². The van der Waals surface area contributed by atoms with Gasteiger partial charge in [-0.3, -0.25) is 0 Å². The van der Waals surface area contributed by atoms with E-state index in [2.05, 4.69) is 48.3 Å². The van der Waals surface area contributed by atoms with Crippen LogP contribution >= 0.6 is 0 Å². The van der Waals surface area contributed by atoms with E-state index in [1.807, 2.05) is 6.07 Å². The summed E-state index contributed by atoms with van der Waals surface area (Å²) in [4.78, 5) is 15.0. The number of guanidine groups is 1. The third kappa shape index (κ3) is 13.6. The fourth-order valence-corrected chi connectivity index (χ4v) is 3.49. The minimum absolute atomic E-state index is 0.0157. The molecule has 1 atom stereocenters. The van der Waals surface area contributed by atoms with Crippen LogP contribution in [0.4, 0.5) is 0 Å². The molecule has 30 heavy (non-hydrogen) atoms. The summed E-state index contributed by atoms with van der Waals surface area (Å²) in [6.45, 7) is 2.49. The summed E-state index contributed by atoms with van der Waals surface area (Å²) in [5.41, 5.74) is 12.7. The normalized spacial score (nSPS) is 12.8. The zero-order valence-electron chi connectivity index (χ0n) is 18.4. The van der Waals surface area contributed by atoms with Crippen LogP contribution in [0.2, 0.25) is 0 Å². The summed E-state index contributed by atoms with van der Waals surface area (Å²) in [5, 5.41) is 9.07. The molecule has 0 saturated carbocycles. The molecule has 0 fully saturated rings. The summed E-state index contributed by atoms with van der Waals surface area (Å²) in [6, 6.07) is 10.4. The van der Waals surface area contributed by atoms with Crippen LogP contribution in [0.5, 0.6) is 0 Å². The zero-order valence-corrected chi connectivity index (χ0v) is 18.4. The van der Waals surface area contributed by atoms with Gasteiger partial charge in [0, 0.05) is 6.08 Å². The Morgan fingerprint density at radius 2 is 1.70 bits per heavy atom. The molecule has 0 aromatic heterocycles. The molecule has 0 heterocycles. The van der Waals surface area contributed by atoms with Gasteiger partial charge in [0.15, 0.2) is 5.96 Å². The van der Waals surface area contributed by atoms with E-state index >= 15 is 0 Å². The van der Waals surface area contributed by atoms with E-state index in [4.69, 9.17) is 16.6 Å². The first kappa shape index (κ1) is 25.5. The number of rotatable bonds is 16. The number of hydrogen-bond acceptors (Lipinski definition) is 2. The number of allylic oxidation sites excluding steroid dienone is 1. The molecular formula is C25H39N3O2. The standard InChI is InChI=1S/C25H39N3O2/c1-2-3-4-5-6-8-12-22(18-17-21-13-9-7-10-14-21)15-11-16-23(19-24(29)30)20-28-25(26)27/h7,9-10,13-14,17-19,22H,2-6,8,11-12,15-16,20H2,1H3,(H,29,30)(H4,26,27,28)/b18-17+,23-19-/t22-/m0/s1. The fourth-order valence-electron chi connectivity index (χ4n) is 3.49. The second-order valence-corrected chi connectivity index (χ2v) is 7.86. The molecule has 0 spiro atoms. The number of carboxylic acids is 1. The van der Waals surface area contributed by atoms with Crippen molar-refractivity contribution in [3.05, 3.63) is 53.6 Å². The van der Waals surface area contributed by atoms with Gasteiger partial charge >= 0.3 is 5.97 Å². The minimum atomic E-state index is -0.955. The lowest BCUT2D eigenvalue weighted by Crippen LogP contribution is -2.23. The Morgan fingerprint density at radius 3 is 2.37 bits per heavy atom. The quantitative estimate of drug-likeness (QED) is 0.144. The first-order valence-electron chi connectivity index (χ1n) is 11.2. The number of carbonyl (C=O) groups is 1. The third-order valence-electron chi connectivity index (χ3n) is 5.15. The van der Waals surface area contributed by atoms with Crippen molar-refractivity contribution in [1.82, 2.24) is 0 Å². The molecule has 5 nitrogen and oxygen atoms in total. The highest BCUT2D eigenvalue weighted by Gasteiger charge is 2.07. The van der Waals surface area contributed by atoms with E-state index in [9.17, 15) is 4.79 Å². The summed E-state index contributed by atoms with van der Waals surface area (Å²) in [6.07, 6.45) is 17.3. The summed E-state index contributed by atoms with van der Waals surface area (Å²) in [5.74, 6) is -0.480. The first-order chi connectivity index (χ1) is 14.5. The van der Waals surface area contributed by atoms with Crippen LogP contribution in [0, 0.1) is 5.92 Å². The predicted molar refractivity (Wildman–Crippen MR) is 127 cm³/mol. The van der Waals surface area contributed by atoms with Gasteiger partial charge in [-0.25, -0.2) is 9.79 Å². The van der Waals surface area contributed by atoms with Gasteiger partial charge in [-0.1, -0.05) is 87.9 Å². The van der Waals surface area contributed by atoms with Crippen molar-refractivity contribution in [3.63, 3.8) is 0 Å². The Morgan fingerprint density at radius 1 is 1.03 bits per heavy atom. The largest absolute Gasteiger partial charge is 0.478 e. The molecule has 5 N–H and O–H groups in total. The lowest BCUT2D eigenvalue weighted by Gasteiger charge is -2.14. The van der Waals surface area contributed by atoms with Crippen LogP contribution < -0.4 is 11.5 Å². The van der Waals surface area contributed by atoms with E-state index < -0.39 is 5.97 Å². The van der Waals surface area contributed by atoms with E-state index in [-0.39, 0.29) is 12.5 Å². The van der Waals surface area contributed by atoms with Gasteiger partial charge < -0.3 is 16.6 Å². The SMILES string of the molecule is CCCCCCCC[C@H](/C=C/c1ccccc1)CCC/C(=C/C(=O)O)CN=C(N)N. The van der Waals surface area contributed by atoms with Crippen LogP contribution in [0.25, 0.3) is 6.08 Å². The van der Waals surface area contributed by atoms with Crippen LogP contribution in [0.15, 0.2) is 53.0 Å². The van der Waals surface area contributed by atoms with E-state index in [1.54, 1.807) is 0 Å². The Labute approximate surface area is 182 Å². The number of nitrogens with two attached hydrogens (primary N) is 2. The highest BCUT2D eigenvalue weighted by Crippen LogP contribution is 2.22. The summed E-state index contributed by atoms with van der Waals surface area (Å²) < 4.78 is 0. The number of aliphatic carboxylic acids is 1. The number of carboxylic acid groups (broad SMARTS) is 1. The van der Waals surface area contributed by atoms with Crippen LogP contribution in [0.3, 0.4) is 0 Å². The number of hydrogen-bond donors (Lipinski definition) is 3. The average molecular weight is 414 g/mol. The highest BCUT2D eigenvalue weighted by atomic mass is 16.4. The summed E-state index contributed by atoms with van der Waals surface area (Å²) >= 11 is 0. The molecule has 0 aliphatic carbocycles. The lowest BCUT2D eigenvalue weighted by atomic mass is 9.92. The van der Waals surface area contributed by atoms with Crippen LogP contribution in [-0.4, -0.2) is 23.6 Å². The molecule has 0 amide bonds. The van der Waals surface area contributed by atoms with Gasteiger partial charge in [0.2, 0.25) is 0 Å². The van der Waals surface area contributed by atoms with Gasteiger partial charge in [0.05, 0.1) is 6.54 Å².